The van der Waals surface area contributed by atoms with Crippen molar-refractivity contribution in [3.8, 4) is 0 Å². The molecule has 0 aliphatic carbocycles. The van der Waals surface area contributed by atoms with Crippen LogP contribution in [0.15, 0.2) is 18.2 Å². The van der Waals surface area contributed by atoms with Crippen LogP contribution >= 0.6 is 22.9 Å². The van der Waals surface area contributed by atoms with Gasteiger partial charge in [0.1, 0.15) is 0 Å². The lowest BCUT2D eigenvalue weighted by Gasteiger charge is -2.23. The van der Waals surface area contributed by atoms with Gasteiger partial charge in [-0.15, -0.1) is 11.3 Å². The lowest BCUT2D eigenvalue weighted by Crippen LogP contribution is -2.30. The first-order valence-corrected chi connectivity index (χ1v) is 5.98. The summed E-state index contributed by atoms with van der Waals surface area (Å²) in [5.74, 6) is 0.180. The van der Waals surface area contributed by atoms with E-state index in [1.807, 2.05) is 0 Å². The third-order valence-corrected chi connectivity index (χ3v) is 3.05. The van der Waals surface area contributed by atoms with Crippen LogP contribution in [-0.4, -0.2) is 40.2 Å². The summed E-state index contributed by atoms with van der Waals surface area (Å²) >= 11 is 6.90. The Morgan fingerprint density at radius 3 is 2.72 bits per heavy atom. The van der Waals surface area contributed by atoms with Crippen molar-refractivity contribution in [2.45, 2.75) is 6.54 Å². The summed E-state index contributed by atoms with van der Waals surface area (Å²) in [5, 5.41) is 10.5. The molecule has 1 amide bonds. The molecule has 0 fully saturated rings. The summed E-state index contributed by atoms with van der Waals surface area (Å²) in [7, 11) is 3.23. The van der Waals surface area contributed by atoms with E-state index in [-0.39, 0.29) is 12.4 Å². The Morgan fingerprint density at radius 2 is 2.33 bits per heavy atom. The van der Waals surface area contributed by atoms with Crippen molar-refractivity contribution in [3.05, 3.63) is 37.7 Å². The molecule has 0 aliphatic heterocycles. The van der Waals surface area contributed by atoms with Gasteiger partial charge in [-0.05, 0) is 0 Å². The molecule has 0 aliphatic rings. The van der Waals surface area contributed by atoms with E-state index in [1.165, 1.54) is 27.3 Å². The van der Waals surface area contributed by atoms with Crippen LogP contribution in [0.1, 0.15) is 4.88 Å². The molecule has 18 heavy (non-hydrogen) atoms. The average Bonchev–Trinajstić information content (AvgIpc) is 2.68. The minimum Gasteiger partial charge on any atom is -0.359 e. The number of nitro groups is 1. The maximum atomic E-state index is 11.0. The Bertz CT molecular complexity index is 474. The van der Waals surface area contributed by atoms with E-state index in [1.54, 1.807) is 14.1 Å². The van der Waals surface area contributed by atoms with E-state index < -0.39 is 4.92 Å². The molecular weight excluding hydrogens is 280 g/mol. The number of thiazole rings is 1. The van der Waals surface area contributed by atoms with Crippen molar-refractivity contribution in [1.82, 2.24) is 14.8 Å². The highest BCUT2D eigenvalue weighted by molar-refractivity contribution is 7.15. The van der Waals surface area contributed by atoms with Gasteiger partial charge in [0, 0.05) is 25.2 Å². The van der Waals surface area contributed by atoms with E-state index in [0.29, 0.717) is 10.9 Å². The molecule has 0 aromatic carbocycles. The fraction of sp³-hybridized carbons (Fsp3) is 0.333. The van der Waals surface area contributed by atoms with E-state index in [4.69, 9.17) is 11.6 Å². The van der Waals surface area contributed by atoms with Crippen LogP contribution in [0.4, 0.5) is 0 Å². The number of hydrogen-bond donors (Lipinski definition) is 0. The number of carbonyl (C=O) groups excluding carboxylic acids is 1. The van der Waals surface area contributed by atoms with Crippen LogP contribution in [0.25, 0.3) is 0 Å². The van der Waals surface area contributed by atoms with Gasteiger partial charge in [0.2, 0.25) is 6.41 Å². The molecule has 1 aromatic heterocycles. The maximum Gasteiger partial charge on any atom is 0.274 e. The Balaban J connectivity index is 2.93. The monoisotopic (exact) mass is 290 g/mol. The zero-order valence-corrected chi connectivity index (χ0v) is 11.3. The molecule has 0 saturated carbocycles. The molecule has 1 heterocycles. The van der Waals surface area contributed by atoms with Gasteiger partial charge in [0.15, 0.2) is 10.3 Å². The molecule has 1 aromatic rings. The fourth-order valence-electron chi connectivity index (χ4n) is 1.24. The van der Waals surface area contributed by atoms with Crippen molar-refractivity contribution < 1.29 is 9.72 Å². The van der Waals surface area contributed by atoms with Gasteiger partial charge in [-0.2, -0.15) is 0 Å². The van der Waals surface area contributed by atoms with Crippen LogP contribution in [0.3, 0.4) is 0 Å². The van der Waals surface area contributed by atoms with Gasteiger partial charge >= 0.3 is 0 Å². The maximum absolute atomic E-state index is 11.0. The molecule has 0 radical (unpaired) electrons. The van der Waals surface area contributed by atoms with Crippen LogP contribution < -0.4 is 0 Å². The van der Waals surface area contributed by atoms with E-state index in [0.717, 1.165) is 11.1 Å². The second kappa shape index (κ2) is 6.31. The van der Waals surface area contributed by atoms with Crippen molar-refractivity contribution in [1.29, 1.82) is 0 Å². The zero-order valence-electron chi connectivity index (χ0n) is 9.74. The molecule has 1 rings (SSSR count). The van der Waals surface area contributed by atoms with Crippen molar-refractivity contribution in [2.24, 2.45) is 0 Å². The molecular formula is C9H11ClN4O3S. The van der Waals surface area contributed by atoms with E-state index in [2.05, 4.69) is 4.98 Å². The number of aromatic nitrogens is 1. The first kappa shape index (κ1) is 14.4. The molecule has 0 bridgehead atoms. The summed E-state index contributed by atoms with van der Waals surface area (Å²) in [6.45, 7) is 0.186. The van der Waals surface area contributed by atoms with Gasteiger partial charge in [0.05, 0.1) is 11.5 Å². The number of carbonyl (C=O) groups is 1. The average molecular weight is 291 g/mol. The largest absolute Gasteiger partial charge is 0.359 e. The SMILES string of the molecule is CN(C)/C(=C/[N+](=O)[O-])N(C=O)Cc1cnc(Cl)s1. The summed E-state index contributed by atoms with van der Waals surface area (Å²) in [6, 6.07) is 0. The predicted molar refractivity (Wildman–Crippen MR) is 67.5 cm³/mol. The highest BCUT2D eigenvalue weighted by atomic mass is 35.5. The highest BCUT2D eigenvalue weighted by Crippen LogP contribution is 2.20. The van der Waals surface area contributed by atoms with Crippen molar-refractivity contribution in [2.75, 3.05) is 14.1 Å². The minimum absolute atomic E-state index is 0.180. The van der Waals surface area contributed by atoms with Gasteiger partial charge in [-0.1, -0.05) is 11.6 Å². The van der Waals surface area contributed by atoms with E-state index >= 15 is 0 Å². The van der Waals surface area contributed by atoms with Crippen molar-refractivity contribution >= 4 is 29.3 Å². The summed E-state index contributed by atoms with van der Waals surface area (Å²) in [5.41, 5.74) is 0. The lowest BCUT2D eigenvalue weighted by molar-refractivity contribution is -0.405. The van der Waals surface area contributed by atoms with Crippen LogP contribution in [0.5, 0.6) is 0 Å². The van der Waals surface area contributed by atoms with E-state index in [9.17, 15) is 14.9 Å². The molecule has 98 valence electrons. The number of amides is 1. The number of nitrogens with zero attached hydrogens (tertiary/aromatic N) is 4. The molecule has 0 N–H and O–H groups in total. The van der Waals surface area contributed by atoms with Gasteiger partial charge < -0.3 is 4.90 Å². The first-order valence-electron chi connectivity index (χ1n) is 4.79. The number of hydrogen-bond acceptors (Lipinski definition) is 6. The van der Waals surface area contributed by atoms with Crippen LogP contribution in [-0.2, 0) is 11.3 Å². The first-order chi connectivity index (χ1) is 8.43. The second-order valence-electron chi connectivity index (χ2n) is 3.48. The van der Waals surface area contributed by atoms with Crippen LogP contribution in [0.2, 0.25) is 4.47 Å². The fourth-order valence-corrected chi connectivity index (χ4v) is 2.21. The third kappa shape index (κ3) is 3.97. The Morgan fingerprint density at radius 1 is 1.67 bits per heavy atom. The molecule has 0 spiro atoms. The van der Waals surface area contributed by atoms with Gasteiger partial charge in [-0.25, -0.2) is 4.98 Å². The lowest BCUT2D eigenvalue weighted by atomic mass is 10.4. The summed E-state index contributed by atoms with van der Waals surface area (Å²) in [6.07, 6.45) is 2.84. The Labute approximate surface area is 112 Å². The van der Waals surface area contributed by atoms with Gasteiger partial charge in [0.25, 0.3) is 6.20 Å². The summed E-state index contributed by atoms with van der Waals surface area (Å²) < 4.78 is 0.362. The molecule has 7 nitrogen and oxygen atoms in total. The normalized spacial score (nSPS) is 11.2. The molecule has 9 heteroatoms. The third-order valence-electron chi connectivity index (χ3n) is 1.95. The molecule has 0 saturated heterocycles. The zero-order chi connectivity index (χ0) is 13.7. The highest BCUT2D eigenvalue weighted by Gasteiger charge is 2.16. The minimum atomic E-state index is -0.606. The molecule has 0 atom stereocenters. The summed E-state index contributed by atoms with van der Waals surface area (Å²) in [4.78, 5) is 28.2. The quantitative estimate of drug-likeness (QED) is 0.449. The van der Waals surface area contributed by atoms with Crippen LogP contribution in [0, 0.1) is 10.1 Å². The topological polar surface area (TPSA) is 79.6 Å². The van der Waals surface area contributed by atoms with Crippen molar-refractivity contribution in [3.63, 3.8) is 0 Å². The Kier molecular flexibility index (Phi) is 5.05. The van der Waals surface area contributed by atoms with Gasteiger partial charge in [-0.3, -0.25) is 19.8 Å². The standard InChI is InChI=1S/C9H11ClN4O3S/c1-12(2)8(5-14(16)17)13(6-15)4-7-3-11-9(10)18-7/h3,5-6H,4H2,1-2H3/b8-5-. The molecule has 0 unspecified atom stereocenters. The second-order valence-corrected chi connectivity index (χ2v) is 5.18. The number of rotatable bonds is 6. The predicted octanol–water partition coefficient (Wildman–Crippen LogP) is 1.39. The smallest absolute Gasteiger partial charge is 0.274 e. The Hall–Kier alpha value is -1.67. The number of halogens is 1.